The molecule has 0 rings (SSSR count). The highest BCUT2D eigenvalue weighted by Crippen LogP contribution is 1.69. The summed E-state index contributed by atoms with van der Waals surface area (Å²) in [6, 6.07) is 0.736. The van der Waals surface area contributed by atoms with Gasteiger partial charge in [-0.05, 0) is 19.1 Å². The summed E-state index contributed by atoms with van der Waals surface area (Å²) < 4.78 is 0. The van der Waals surface area contributed by atoms with Crippen molar-refractivity contribution in [3.8, 4) is 0 Å². The maximum atomic E-state index is 8.16. The maximum absolute atomic E-state index is 8.16. The molecule has 4 heteroatoms. The van der Waals surface area contributed by atoms with E-state index in [0.717, 1.165) is 6.04 Å². The molecule has 0 aliphatic heterocycles. The molecule has 53 valence electrons. The Kier molecular flexibility index (Phi) is 14.4. The van der Waals surface area contributed by atoms with Gasteiger partial charge in [-0.1, -0.05) is 6.08 Å². The lowest BCUT2D eigenvalue weighted by molar-refractivity contribution is 0.587. The average molecular weight is 161 g/mol. The molecular weight excluding hydrogens is 148 g/mol. The summed E-state index contributed by atoms with van der Waals surface area (Å²) in [7, 11) is -0.840. The van der Waals surface area contributed by atoms with Crippen LogP contribution >= 0.6 is 0 Å². The number of rotatable bonds is 2. The van der Waals surface area contributed by atoms with Crippen LogP contribution < -0.4 is 0 Å². The van der Waals surface area contributed by atoms with Crippen LogP contribution in [0.25, 0.3) is 0 Å². The number of allylic oxidation sites excluding steroid dienone is 1. The Morgan fingerprint density at radius 1 is 1.67 bits per heavy atom. The standard InChI is InChI=1S/C3H6OSi.C2H7OSi/c1-2-3-5-4;1-4(2)3/h2,4H,1,3H2;3H,1-2H3. The van der Waals surface area contributed by atoms with E-state index in [1.54, 1.807) is 6.08 Å². The normalized spacial score (nSPS) is 8.11. The Labute approximate surface area is 60.9 Å². The zero-order valence-electron chi connectivity index (χ0n) is 5.89. The van der Waals surface area contributed by atoms with Gasteiger partial charge in [-0.3, -0.25) is 0 Å². The van der Waals surface area contributed by atoms with Crippen molar-refractivity contribution >= 4 is 18.8 Å². The van der Waals surface area contributed by atoms with E-state index in [0.29, 0.717) is 0 Å². The fraction of sp³-hybridized carbons (Fsp3) is 0.600. The van der Waals surface area contributed by atoms with Gasteiger partial charge in [0.1, 0.15) is 0 Å². The lowest BCUT2D eigenvalue weighted by Gasteiger charge is -1.74. The molecule has 0 saturated heterocycles. The molecule has 0 aliphatic rings. The maximum Gasteiger partial charge on any atom is 0.228 e. The van der Waals surface area contributed by atoms with Crippen molar-refractivity contribution in [3.63, 3.8) is 0 Å². The fourth-order valence-corrected chi connectivity index (χ4v) is 0.194. The van der Waals surface area contributed by atoms with Gasteiger partial charge in [0.2, 0.25) is 9.76 Å². The van der Waals surface area contributed by atoms with Crippen molar-refractivity contribution in [1.29, 1.82) is 0 Å². The van der Waals surface area contributed by atoms with Crippen molar-refractivity contribution in [2.45, 2.75) is 19.1 Å². The average Bonchev–Trinajstić information content (AvgIpc) is 1.66. The molecular formula is C5H13O2Si2. The molecule has 0 unspecified atom stereocenters. The first-order valence-electron chi connectivity index (χ1n) is 2.62. The number of hydrogen-bond acceptors (Lipinski definition) is 2. The molecule has 0 spiro atoms. The highest BCUT2D eigenvalue weighted by Gasteiger charge is 1.76. The quantitative estimate of drug-likeness (QED) is 0.455. The van der Waals surface area contributed by atoms with Gasteiger partial charge in [0.25, 0.3) is 0 Å². The Balaban J connectivity index is 0. The third-order valence-corrected chi connectivity index (χ3v) is 0.707. The van der Waals surface area contributed by atoms with Gasteiger partial charge < -0.3 is 9.59 Å². The summed E-state index contributed by atoms with van der Waals surface area (Å²) in [6.07, 6.45) is 1.69. The predicted molar refractivity (Wildman–Crippen MR) is 42.7 cm³/mol. The van der Waals surface area contributed by atoms with Crippen LogP contribution in [0.4, 0.5) is 0 Å². The van der Waals surface area contributed by atoms with Crippen molar-refractivity contribution in [1.82, 2.24) is 0 Å². The van der Waals surface area contributed by atoms with Gasteiger partial charge in [0.15, 0.2) is 9.04 Å². The van der Waals surface area contributed by atoms with Gasteiger partial charge in [0.05, 0.1) is 0 Å². The summed E-state index contributed by atoms with van der Waals surface area (Å²) in [6.45, 7) is 7.05. The van der Waals surface area contributed by atoms with E-state index in [-0.39, 0.29) is 9.76 Å². The summed E-state index contributed by atoms with van der Waals surface area (Å²) in [5, 5.41) is 0. The van der Waals surface area contributed by atoms with Gasteiger partial charge >= 0.3 is 0 Å². The largest absolute Gasteiger partial charge is 0.432 e. The SMILES string of the molecule is C=CC[Si]O.C[Si](C)O. The molecule has 0 aromatic heterocycles. The Bertz CT molecular complexity index is 54.2. The molecule has 0 bridgehead atoms. The van der Waals surface area contributed by atoms with Crippen LogP contribution in [0.2, 0.25) is 19.1 Å². The van der Waals surface area contributed by atoms with Crippen LogP contribution in [0.15, 0.2) is 12.7 Å². The predicted octanol–water partition coefficient (Wildman–Crippen LogP) is 0.432. The molecule has 0 aromatic carbocycles. The highest BCUT2D eigenvalue weighted by atomic mass is 28.3. The smallest absolute Gasteiger partial charge is 0.228 e. The third-order valence-electron chi connectivity index (χ3n) is 0.236. The van der Waals surface area contributed by atoms with Gasteiger partial charge in [-0.2, -0.15) is 0 Å². The minimum absolute atomic E-state index is 0.0397. The topological polar surface area (TPSA) is 40.5 Å². The molecule has 2 nitrogen and oxygen atoms in total. The summed E-state index contributed by atoms with van der Waals surface area (Å²) in [5.74, 6) is 0. The van der Waals surface area contributed by atoms with E-state index in [1.807, 2.05) is 13.1 Å². The van der Waals surface area contributed by atoms with E-state index in [1.165, 1.54) is 0 Å². The second kappa shape index (κ2) is 11.0. The van der Waals surface area contributed by atoms with Crippen molar-refractivity contribution in [2.24, 2.45) is 0 Å². The molecule has 0 fully saturated rings. The molecule has 2 N–H and O–H groups in total. The molecule has 0 amide bonds. The molecule has 0 atom stereocenters. The minimum Gasteiger partial charge on any atom is -0.432 e. The van der Waals surface area contributed by atoms with Crippen LogP contribution in [-0.4, -0.2) is 28.4 Å². The Morgan fingerprint density at radius 2 is 2.00 bits per heavy atom. The first kappa shape index (κ1) is 11.8. The van der Waals surface area contributed by atoms with Crippen molar-refractivity contribution in [3.05, 3.63) is 12.7 Å². The number of hydrogen-bond donors (Lipinski definition) is 2. The zero-order chi connectivity index (χ0) is 7.70. The van der Waals surface area contributed by atoms with Crippen LogP contribution in [0.3, 0.4) is 0 Å². The fourth-order valence-electron chi connectivity index (χ4n) is 0.0645. The zero-order valence-corrected chi connectivity index (χ0v) is 7.89. The molecule has 3 radical (unpaired) electrons. The Hall–Kier alpha value is 0.0938. The van der Waals surface area contributed by atoms with Crippen molar-refractivity contribution in [2.75, 3.05) is 0 Å². The van der Waals surface area contributed by atoms with Crippen LogP contribution in [-0.2, 0) is 0 Å². The summed E-state index contributed by atoms with van der Waals surface area (Å²) >= 11 is 0. The van der Waals surface area contributed by atoms with Crippen LogP contribution in [0.1, 0.15) is 0 Å². The third kappa shape index (κ3) is 68.6. The van der Waals surface area contributed by atoms with Gasteiger partial charge in [-0.15, -0.1) is 6.58 Å². The first-order valence-corrected chi connectivity index (χ1v) is 6.22. The van der Waals surface area contributed by atoms with E-state index in [4.69, 9.17) is 9.59 Å². The van der Waals surface area contributed by atoms with Crippen molar-refractivity contribution < 1.29 is 9.59 Å². The van der Waals surface area contributed by atoms with Crippen LogP contribution in [0.5, 0.6) is 0 Å². The second-order valence-corrected chi connectivity index (χ2v) is 4.22. The monoisotopic (exact) mass is 161 g/mol. The molecule has 0 aromatic rings. The first-order chi connectivity index (χ1) is 4.15. The molecule has 0 saturated carbocycles. The van der Waals surface area contributed by atoms with E-state index < -0.39 is 9.04 Å². The van der Waals surface area contributed by atoms with E-state index in [9.17, 15) is 0 Å². The Morgan fingerprint density at radius 3 is 2.00 bits per heavy atom. The molecule has 0 heterocycles. The highest BCUT2D eigenvalue weighted by molar-refractivity contribution is 6.46. The van der Waals surface area contributed by atoms with Crippen LogP contribution in [0, 0.1) is 0 Å². The van der Waals surface area contributed by atoms with E-state index >= 15 is 0 Å². The summed E-state index contributed by atoms with van der Waals surface area (Å²) in [4.78, 5) is 16.2. The lowest BCUT2D eigenvalue weighted by atomic mass is 10.8. The summed E-state index contributed by atoms with van der Waals surface area (Å²) in [5.41, 5.74) is 0. The van der Waals surface area contributed by atoms with E-state index in [2.05, 4.69) is 6.58 Å². The molecule has 0 aliphatic carbocycles. The second-order valence-electron chi connectivity index (χ2n) is 1.60. The van der Waals surface area contributed by atoms with Gasteiger partial charge in [-0.25, -0.2) is 0 Å². The van der Waals surface area contributed by atoms with Gasteiger partial charge in [0, 0.05) is 0 Å². The minimum atomic E-state index is -0.880. The molecule has 9 heavy (non-hydrogen) atoms. The lowest BCUT2D eigenvalue weighted by Crippen LogP contribution is -1.93.